The largest absolute Gasteiger partial charge is 0.480 e. The first-order valence-corrected chi connectivity index (χ1v) is 20.6. The molecule has 0 fully saturated rings. The summed E-state index contributed by atoms with van der Waals surface area (Å²) in [5, 5.41) is 25.0. The van der Waals surface area contributed by atoms with Crippen LogP contribution in [-0.4, -0.2) is 62.2 Å². The van der Waals surface area contributed by atoms with Crippen LogP contribution in [0.15, 0.2) is 137 Å². The van der Waals surface area contributed by atoms with Crippen LogP contribution in [0.5, 0.6) is 0 Å². The zero-order chi connectivity index (χ0) is 45.1. The summed E-state index contributed by atoms with van der Waals surface area (Å²) < 4.78 is 13.1. The minimum Gasteiger partial charge on any atom is -0.480 e. The normalized spacial score (nSPS) is 13.3. The van der Waals surface area contributed by atoms with Gasteiger partial charge in [-0.1, -0.05) is 113 Å². The second kappa shape index (κ2) is 20.9. The van der Waals surface area contributed by atoms with Gasteiger partial charge in [-0.25, -0.2) is 19.2 Å². The van der Waals surface area contributed by atoms with Gasteiger partial charge >= 0.3 is 24.1 Å². The number of hydrogen-bond donors (Lipinski definition) is 4. The molecule has 12 nitrogen and oxygen atoms in total. The van der Waals surface area contributed by atoms with E-state index in [-0.39, 0.29) is 11.6 Å². The quantitative estimate of drug-likeness (QED) is 0.0951. The number of carboxylic acids is 2. The number of aliphatic carboxylic acids is 2. The van der Waals surface area contributed by atoms with Crippen molar-refractivity contribution < 1.29 is 38.9 Å². The summed E-state index contributed by atoms with van der Waals surface area (Å²) in [7, 11) is 0. The number of halogens is 1. The Morgan fingerprint density at radius 1 is 0.574 bits per heavy atom. The summed E-state index contributed by atoms with van der Waals surface area (Å²) in [4.78, 5) is 61.3. The molecule has 13 heteroatoms. The van der Waals surface area contributed by atoms with Gasteiger partial charge in [-0.3, -0.25) is 4.79 Å². The number of ether oxygens (including phenoxy) is 2. The molecule has 5 aromatic rings. The molecule has 2 amide bonds. The Labute approximate surface area is 365 Å². The van der Waals surface area contributed by atoms with Crippen LogP contribution in [0.3, 0.4) is 0 Å². The van der Waals surface area contributed by atoms with Gasteiger partial charge < -0.3 is 34.9 Å². The van der Waals surface area contributed by atoms with E-state index in [1.54, 1.807) is 58.4 Å². The van der Waals surface area contributed by atoms with Gasteiger partial charge in [0.15, 0.2) is 0 Å². The van der Waals surface area contributed by atoms with Crippen molar-refractivity contribution in [1.29, 1.82) is 0 Å². The first kappa shape index (κ1) is 47.5. The van der Waals surface area contributed by atoms with E-state index >= 15 is 0 Å². The lowest BCUT2D eigenvalue weighted by atomic mass is 9.84. The summed E-state index contributed by atoms with van der Waals surface area (Å²) >= 11 is 3.42. The van der Waals surface area contributed by atoms with Gasteiger partial charge in [-0.2, -0.15) is 0 Å². The van der Waals surface area contributed by atoms with Crippen molar-refractivity contribution in [2.45, 2.75) is 96.6 Å². The smallest absolute Gasteiger partial charge is 0.408 e. The van der Waals surface area contributed by atoms with E-state index in [0.29, 0.717) is 5.56 Å². The molecule has 4 N–H and O–H groups in total. The molecule has 0 bridgehead atoms. The average Bonchev–Trinajstić information content (AvgIpc) is 3.17. The molecule has 4 unspecified atom stereocenters. The van der Waals surface area contributed by atoms with Crippen LogP contribution in [0.1, 0.15) is 95.5 Å². The first-order valence-electron chi connectivity index (χ1n) is 19.8. The number of pyridine rings is 1. The van der Waals surface area contributed by atoms with Crippen LogP contribution >= 0.6 is 15.9 Å². The first-order chi connectivity index (χ1) is 28.6. The van der Waals surface area contributed by atoms with Crippen molar-refractivity contribution in [2.24, 2.45) is 0 Å². The third-order valence-corrected chi connectivity index (χ3v) is 9.64. The summed E-state index contributed by atoms with van der Waals surface area (Å²) in [6.45, 7) is 14.2. The van der Waals surface area contributed by atoms with Crippen molar-refractivity contribution in [3.63, 3.8) is 0 Å². The van der Waals surface area contributed by atoms with E-state index in [2.05, 4.69) is 26.6 Å². The summed E-state index contributed by atoms with van der Waals surface area (Å²) in [6, 6.07) is 34.1. The van der Waals surface area contributed by atoms with E-state index in [4.69, 9.17) is 9.47 Å². The van der Waals surface area contributed by atoms with E-state index in [9.17, 15) is 34.2 Å². The monoisotopic (exact) mass is 895 g/mol. The third kappa shape index (κ3) is 14.2. The molecule has 0 saturated heterocycles. The van der Waals surface area contributed by atoms with E-state index in [1.807, 2.05) is 123 Å². The second-order valence-corrected chi connectivity index (χ2v) is 17.6. The third-order valence-electron chi connectivity index (χ3n) is 9.14. The zero-order valence-corrected chi connectivity index (χ0v) is 37.2. The molecule has 1 aromatic heterocycles. The Balaban J connectivity index is 0.000000281. The molecular formula is C48H54BrN3O9. The predicted molar refractivity (Wildman–Crippen MR) is 239 cm³/mol. The number of hydrogen-bond acceptors (Lipinski definition) is 7. The molecule has 1 heterocycles. The lowest BCUT2D eigenvalue weighted by Crippen LogP contribution is -2.47. The topological polar surface area (TPSA) is 173 Å². The molecule has 0 spiro atoms. The number of amides is 2. The van der Waals surface area contributed by atoms with Gasteiger partial charge in [-0.05, 0) is 107 Å². The number of aromatic nitrogens is 1. The summed E-state index contributed by atoms with van der Waals surface area (Å²) in [5.74, 6) is -3.57. The minimum absolute atomic E-state index is 0.00267. The Morgan fingerprint density at radius 3 is 1.41 bits per heavy atom. The highest BCUT2D eigenvalue weighted by atomic mass is 79.9. The fraction of sp³-hybridized carbons (Fsp3) is 0.312. The van der Waals surface area contributed by atoms with Crippen LogP contribution in [0.4, 0.5) is 9.59 Å². The van der Waals surface area contributed by atoms with Gasteiger partial charge in [0.25, 0.3) is 5.56 Å². The fourth-order valence-electron chi connectivity index (χ4n) is 6.61. The van der Waals surface area contributed by atoms with Gasteiger partial charge in [0.2, 0.25) is 0 Å². The van der Waals surface area contributed by atoms with E-state index in [1.165, 1.54) is 6.07 Å². The maximum Gasteiger partial charge on any atom is 0.408 e. The lowest BCUT2D eigenvalue weighted by molar-refractivity contribution is -0.140. The average molecular weight is 897 g/mol. The highest BCUT2D eigenvalue weighted by Gasteiger charge is 2.35. The molecule has 4 aromatic carbocycles. The van der Waals surface area contributed by atoms with E-state index in [0.717, 1.165) is 32.3 Å². The zero-order valence-electron chi connectivity index (χ0n) is 35.6. The standard InChI is InChI=1S/C28H32N2O5.C20H22BrNO4/c1-18(2)30-17-22(14-15-23(30)31)20-12-9-13-21(16-20)24(19-10-7-6-8-11-19)25(26(32)33)29-27(34)35-28(3,4)5;1-20(2,3)26-19(25)22-17(18(23)24)16(13-8-5-4-6-9-13)14-10-7-11-15(21)12-14/h6-18,24-25H,1-5H3,(H,29,34)(H,32,33);4-12,16-17H,1-3H3,(H,22,25)(H,23,24). The maximum atomic E-state index is 12.5. The molecule has 0 aliphatic carbocycles. The Kier molecular flexibility index (Phi) is 16.2. The van der Waals surface area contributed by atoms with Crippen molar-refractivity contribution >= 4 is 40.1 Å². The van der Waals surface area contributed by atoms with Crippen LogP contribution in [0.2, 0.25) is 0 Å². The Hall–Kier alpha value is -6.21. The van der Waals surface area contributed by atoms with Crippen LogP contribution in [0, 0.1) is 0 Å². The number of nitrogens with one attached hydrogen (secondary N) is 2. The van der Waals surface area contributed by atoms with Crippen molar-refractivity contribution in [2.75, 3.05) is 0 Å². The summed E-state index contributed by atoms with van der Waals surface area (Å²) in [5.41, 5.74) is 3.09. The molecule has 0 aliphatic rings. The van der Waals surface area contributed by atoms with Crippen molar-refractivity contribution in [3.05, 3.63) is 165 Å². The molecular weight excluding hydrogens is 842 g/mol. The van der Waals surface area contributed by atoms with Crippen molar-refractivity contribution in [3.8, 4) is 11.1 Å². The van der Waals surface area contributed by atoms with Crippen LogP contribution in [0.25, 0.3) is 11.1 Å². The lowest BCUT2D eigenvalue weighted by Gasteiger charge is -2.28. The van der Waals surface area contributed by atoms with Crippen LogP contribution < -0.4 is 16.2 Å². The number of alkyl carbamates (subject to hydrolysis) is 2. The molecule has 0 aliphatic heterocycles. The Bertz CT molecular complexity index is 2330. The van der Waals surface area contributed by atoms with Gasteiger partial charge in [0.05, 0.1) is 0 Å². The number of nitrogens with zero attached hydrogens (tertiary/aromatic N) is 1. The number of benzene rings is 4. The molecule has 322 valence electrons. The van der Waals surface area contributed by atoms with Crippen molar-refractivity contribution in [1.82, 2.24) is 15.2 Å². The number of rotatable bonds is 12. The fourth-order valence-corrected chi connectivity index (χ4v) is 7.03. The molecule has 0 radical (unpaired) electrons. The maximum absolute atomic E-state index is 12.5. The second-order valence-electron chi connectivity index (χ2n) is 16.6. The number of carbonyl (C=O) groups excluding carboxylic acids is 2. The minimum atomic E-state index is -1.27. The number of carboxylic acid groups (broad SMARTS) is 2. The molecule has 5 rings (SSSR count). The van der Waals surface area contributed by atoms with Gasteiger partial charge in [0, 0.05) is 34.6 Å². The van der Waals surface area contributed by atoms with Gasteiger partial charge in [-0.15, -0.1) is 0 Å². The predicted octanol–water partition coefficient (Wildman–Crippen LogP) is 9.76. The highest BCUT2D eigenvalue weighted by Crippen LogP contribution is 2.33. The SMILES string of the molecule is CC(C)(C)OC(=O)NC(C(=O)O)C(c1ccccc1)c1cccc(Br)c1.CC(C)n1cc(-c2cccc(C(c3ccccc3)C(NC(=O)OC(C)(C)C)C(=O)O)c2)ccc1=O. The molecule has 0 saturated carbocycles. The van der Waals surface area contributed by atoms with Crippen LogP contribution in [-0.2, 0) is 19.1 Å². The molecule has 4 atom stereocenters. The van der Waals surface area contributed by atoms with Gasteiger partial charge in [0.1, 0.15) is 23.3 Å². The number of carbonyl (C=O) groups is 4. The highest BCUT2D eigenvalue weighted by molar-refractivity contribution is 9.10. The molecule has 61 heavy (non-hydrogen) atoms. The Morgan fingerprint density at radius 2 is 1.00 bits per heavy atom. The van der Waals surface area contributed by atoms with E-state index < -0.39 is 59.2 Å². The summed E-state index contributed by atoms with van der Waals surface area (Å²) in [6.07, 6.45) is 0.240.